The Morgan fingerprint density at radius 3 is 1.33 bits per heavy atom. The molecule has 0 unspecified atom stereocenters. The van der Waals surface area contributed by atoms with E-state index < -0.39 is 10.2 Å². The van der Waals surface area contributed by atoms with Crippen molar-refractivity contribution >= 4 is 21.6 Å². The molecule has 1 aliphatic rings. The van der Waals surface area contributed by atoms with Crippen LogP contribution in [-0.4, -0.2) is 19.8 Å². The lowest BCUT2D eigenvalue weighted by Crippen LogP contribution is -2.13. The third kappa shape index (κ3) is 2.78. The van der Waals surface area contributed by atoms with Gasteiger partial charge in [-0.3, -0.25) is 0 Å². The maximum absolute atomic E-state index is 11.8. The predicted molar refractivity (Wildman–Crippen MR) is 84.4 cm³/mol. The monoisotopic (exact) mass is 298 g/mol. The van der Waals surface area contributed by atoms with Crippen LogP contribution in [0.5, 0.6) is 0 Å². The Balaban J connectivity index is 2.12. The van der Waals surface area contributed by atoms with Gasteiger partial charge in [0.25, 0.3) is 0 Å². The molecule has 21 heavy (non-hydrogen) atoms. The molecular formula is C16H14N2O2S. The highest BCUT2D eigenvalue weighted by Gasteiger charge is 2.26. The molecule has 2 aromatic rings. The lowest BCUT2D eigenvalue weighted by atomic mass is 9.99. The summed E-state index contributed by atoms with van der Waals surface area (Å²) in [4.78, 5) is 0. The number of hydrogen-bond acceptors (Lipinski definition) is 2. The lowest BCUT2D eigenvalue weighted by Gasteiger charge is -2.05. The normalized spacial score (nSPS) is 16.5. The van der Waals surface area contributed by atoms with Crippen molar-refractivity contribution in [2.24, 2.45) is 8.80 Å². The second kappa shape index (κ2) is 4.93. The first-order valence-corrected chi connectivity index (χ1v) is 7.94. The minimum atomic E-state index is -3.79. The molecule has 0 spiro atoms. The van der Waals surface area contributed by atoms with Crippen molar-refractivity contribution in [3.05, 3.63) is 70.8 Å². The average molecular weight is 298 g/mol. The minimum Gasteiger partial charge on any atom is -0.179 e. The van der Waals surface area contributed by atoms with E-state index >= 15 is 0 Å². The van der Waals surface area contributed by atoms with Crippen LogP contribution in [0.4, 0.5) is 0 Å². The first-order valence-electron chi connectivity index (χ1n) is 6.54. The minimum absolute atomic E-state index is 0.402. The van der Waals surface area contributed by atoms with Crippen LogP contribution in [0.25, 0.3) is 0 Å². The molecule has 0 saturated carbocycles. The van der Waals surface area contributed by atoms with Crippen molar-refractivity contribution < 1.29 is 8.42 Å². The molecule has 5 heteroatoms. The van der Waals surface area contributed by atoms with E-state index in [0.717, 1.165) is 22.3 Å². The quantitative estimate of drug-likeness (QED) is 0.856. The molecular weight excluding hydrogens is 284 g/mol. The maximum atomic E-state index is 11.8. The van der Waals surface area contributed by atoms with Gasteiger partial charge in [0, 0.05) is 11.1 Å². The fraction of sp³-hybridized carbons (Fsp3) is 0.125. The van der Waals surface area contributed by atoms with Crippen molar-refractivity contribution in [2.75, 3.05) is 0 Å². The third-order valence-corrected chi connectivity index (χ3v) is 4.11. The van der Waals surface area contributed by atoms with Gasteiger partial charge in [0.05, 0.1) is 0 Å². The highest BCUT2D eigenvalue weighted by atomic mass is 32.2. The summed E-state index contributed by atoms with van der Waals surface area (Å²) in [7, 11) is -3.79. The standard InChI is InChI=1S/C16H14N2O2S/c1-11-3-7-13(8-4-11)15-16(18-21(19,20)17-15)14-9-5-12(2)6-10-14/h3-10H,1-2H3. The van der Waals surface area contributed by atoms with Crippen LogP contribution >= 0.6 is 0 Å². The van der Waals surface area contributed by atoms with E-state index in [1.165, 1.54) is 0 Å². The van der Waals surface area contributed by atoms with Crippen LogP contribution < -0.4 is 0 Å². The molecule has 0 saturated heterocycles. The Morgan fingerprint density at radius 2 is 1.00 bits per heavy atom. The Hall–Kier alpha value is -2.27. The largest absolute Gasteiger partial charge is 0.364 e. The highest BCUT2D eigenvalue weighted by Crippen LogP contribution is 2.19. The van der Waals surface area contributed by atoms with Crippen molar-refractivity contribution in [3.63, 3.8) is 0 Å². The van der Waals surface area contributed by atoms with Crippen LogP contribution in [-0.2, 0) is 10.2 Å². The number of benzene rings is 2. The van der Waals surface area contributed by atoms with Gasteiger partial charge in [-0.25, -0.2) is 0 Å². The summed E-state index contributed by atoms with van der Waals surface area (Å²) in [6.07, 6.45) is 0. The second-order valence-electron chi connectivity index (χ2n) is 5.06. The zero-order valence-corrected chi connectivity index (χ0v) is 12.6. The fourth-order valence-corrected chi connectivity index (χ4v) is 3.03. The van der Waals surface area contributed by atoms with E-state index in [1.807, 2.05) is 62.4 Å². The van der Waals surface area contributed by atoms with Crippen molar-refractivity contribution in [1.82, 2.24) is 0 Å². The summed E-state index contributed by atoms with van der Waals surface area (Å²) < 4.78 is 31.1. The first kappa shape index (κ1) is 13.7. The molecule has 106 valence electrons. The number of nitrogens with zero attached hydrogens (tertiary/aromatic N) is 2. The third-order valence-electron chi connectivity index (χ3n) is 3.29. The Labute approximate surface area is 124 Å². The summed E-state index contributed by atoms with van der Waals surface area (Å²) in [5.41, 5.74) is 4.52. The SMILES string of the molecule is Cc1ccc(C2=NS(=O)(=O)N=C2c2ccc(C)cc2)cc1. The average Bonchev–Trinajstić information content (AvgIpc) is 2.76. The predicted octanol–water partition coefficient (Wildman–Crippen LogP) is 2.84. The Morgan fingerprint density at radius 1 is 0.667 bits per heavy atom. The van der Waals surface area contributed by atoms with Gasteiger partial charge in [-0.05, 0) is 13.8 Å². The fourth-order valence-electron chi connectivity index (χ4n) is 2.14. The van der Waals surface area contributed by atoms with Gasteiger partial charge >= 0.3 is 10.2 Å². The van der Waals surface area contributed by atoms with Crippen molar-refractivity contribution in [1.29, 1.82) is 0 Å². The van der Waals surface area contributed by atoms with Gasteiger partial charge in [0.1, 0.15) is 11.4 Å². The molecule has 0 fully saturated rings. The second-order valence-corrected chi connectivity index (χ2v) is 6.32. The molecule has 0 amide bonds. The molecule has 3 rings (SSSR count). The van der Waals surface area contributed by atoms with E-state index in [4.69, 9.17) is 0 Å². The lowest BCUT2D eigenvalue weighted by molar-refractivity contribution is 0.601. The molecule has 2 aromatic carbocycles. The molecule has 4 nitrogen and oxygen atoms in total. The number of aryl methyl sites for hydroxylation is 2. The Bertz CT molecular complexity index is 779. The summed E-state index contributed by atoms with van der Waals surface area (Å²) in [6.45, 7) is 3.96. The van der Waals surface area contributed by atoms with E-state index in [9.17, 15) is 8.42 Å². The molecule has 0 N–H and O–H groups in total. The highest BCUT2D eigenvalue weighted by molar-refractivity contribution is 7.89. The summed E-state index contributed by atoms with van der Waals surface area (Å²) in [6, 6.07) is 15.1. The summed E-state index contributed by atoms with van der Waals surface area (Å²) >= 11 is 0. The maximum Gasteiger partial charge on any atom is 0.364 e. The zero-order valence-electron chi connectivity index (χ0n) is 11.7. The van der Waals surface area contributed by atoms with Crippen LogP contribution in [0.1, 0.15) is 22.3 Å². The van der Waals surface area contributed by atoms with Gasteiger partial charge in [-0.2, -0.15) is 8.42 Å². The molecule has 1 aliphatic heterocycles. The smallest absolute Gasteiger partial charge is 0.179 e. The molecule has 0 atom stereocenters. The van der Waals surface area contributed by atoms with Crippen LogP contribution in [0.3, 0.4) is 0 Å². The molecule has 0 radical (unpaired) electrons. The van der Waals surface area contributed by atoms with E-state index in [-0.39, 0.29) is 0 Å². The van der Waals surface area contributed by atoms with Crippen molar-refractivity contribution in [3.8, 4) is 0 Å². The summed E-state index contributed by atoms with van der Waals surface area (Å²) in [5, 5.41) is 0. The van der Waals surface area contributed by atoms with Crippen molar-refractivity contribution in [2.45, 2.75) is 13.8 Å². The van der Waals surface area contributed by atoms with Crippen LogP contribution in [0.2, 0.25) is 0 Å². The molecule has 1 heterocycles. The van der Waals surface area contributed by atoms with Gasteiger partial charge < -0.3 is 0 Å². The van der Waals surface area contributed by atoms with Gasteiger partial charge in [0.2, 0.25) is 0 Å². The number of hydrogen-bond donors (Lipinski definition) is 0. The zero-order chi connectivity index (χ0) is 15.0. The summed E-state index contributed by atoms with van der Waals surface area (Å²) in [5.74, 6) is 0. The van der Waals surface area contributed by atoms with Gasteiger partial charge in [0.15, 0.2) is 0 Å². The first-order chi connectivity index (χ1) is 9.94. The van der Waals surface area contributed by atoms with E-state index in [0.29, 0.717) is 11.4 Å². The number of rotatable bonds is 2. The topological polar surface area (TPSA) is 58.9 Å². The van der Waals surface area contributed by atoms with Crippen LogP contribution in [0.15, 0.2) is 57.3 Å². The van der Waals surface area contributed by atoms with Crippen LogP contribution in [0, 0.1) is 13.8 Å². The molecule has 0 bridgehead atoms. The molecule has 0 aliphatic carbocycles. The molecule has 0 aromatic heterocycles. The van der Waals surface area contributed by atoms with E-state index in [1.54, 1.807) is 0 Å². The van der Waals surface area contributed by atoms with Gasteiger partial charge in [-0.1, -0.05) is 59.7 Å². The van der Waals surface area contributed by atoms with E-state index in [2.05, 4.69) is 8.80 Å². The van der Waals surface area contributed by atoms with Gasteiger partial charge in [-0.15, -0.1) is 8.80 Å². The Kier molecular flexibility index (Phi) is 3.22.